The van der Waals surface area contributed by atoms with E-state index in [1.165, 1.54) is 25.7 Å². The number of unbranched alkanes of at least 4 members (excludes halogenated alkanes) is 3. The monoisotopic (exact) mass is 294 g/mol. The van der Waals surface area contributed by atoms with Gasteiger partial charge in [-0.05, 0) is 13.0 Å². The summed E-state index contributed by atoms with van der Waals surface area (Å²) in [5, 5.41) is 0. The zero-order valence-electron chi connectivity index (χ0n) is 5.45. The predicted octanol–water partition coefficient (Wildman–Crippen LogP) is 1.52. The average molecular weight is 293 g/mol. The summed E-state index contributed by atoms with van der Waals surface area (Å²) in [6.07, 6.45) is 5.16. The summed E-state index contributed by atoms with van der Waals surface area (Å²) in [4.78, 5) is 0. The molecule has 2 heteroatoms. The SMILES string of the molecule is CCCCCCN.[Ir]. The van der Waals surface area contributed by atoms with Gasteiger partial charge in [-0.2, -0.15) is 0 Å². The normalized spacial score (nSPS) is 8.25. The van der Waals surface area contributed by atoms with Gasteiger partial charge >= 0.3 is 0 Å². The Morgan fingerprint density at radius 2 is 1.75 bits per heavy atom. The maximum Gasteiger partial charge on any atom is 0 e. The van der Waals surface area contributed by atoms with Gasteiger partial charge in [0, 0.05) is 20.1 Å². The molecule has 0 atom stereocenters. The molecule has 1 nitrogen and oxygen atoms in total. The van der Waals surface area contributed by atoms with Crippen LogP contribution in [-0.2, 0) is 20.1 Å². The first kappa shape index (κ1) is 11.4. The Morgan fingerprint density at radius 3 is 2.12 bits per heavy atom. The van der Waals surface area contributed by atoms with E-state index in [1.807, 2.05) is 0 Å². The molecule has 0 aliphatic rings. The second-order valence-electron chi connectivity index (χ2n) is 1.85. The summed E-state index contributed by atoms with van der Waals surface area (Å²) in [5.41, 5.74) is 5.27. The van der Waals surface area contributed by atoms with Crippen molar-refractivity contribution >= 4 is 0 Å². The van der Waals surface area contributed by atoms with Crippen molar-refractivity contribution in [2.45, 2.75) is 32.6 Å². The zero-order chi connectivity index (χ0) is 5.54. The Morgan fingerprint density at radius 1 is 1.12 bits per heavy atom. The molecule has 53 valence electrons. The molecule has 0 aromatic carbocycles. The maximum atomic E-state index is 5.27. The van der Waals surface area contributed by atoms with Gasteiger partial charge in [-0.15, -0.1) is 0 Å². The molecule has 0 spiro atoms. The Hall–Kier alpha value is 0.609. The second kappa shape index (κ2) is 10.6. The quantitative estimate of drug-likeness (QED) is 0.782. The third-order valence-electron chi connectivity index (χ3n) is 1.06. The molecule has 0 aliphatic heterocycles. The predicted molar refractivity (Wildman–Crippen MR) is 33.2 cm³/mol. The van der Waals surface area contributed by atoms with Gasteiger partial charge in [0.25, 0.3) is 0 Å². The van der Waals surface area contributed by atoms with Crippen LogP contribution < -0.4 is 5.73 Å². The fraction of sp³-hybridized carbons (Fsp3) is 1.00. The van der Waals surface area contributed by atoms with Crippen molar-refractivity contribution in [2.75, 3.05) is 6.54 Å². The van der Waals surface area contributed by atoms with Gasteiger partial charge in [0.2, 0.25) is 0 Å². The smallest absolute Gasteiger partial charge is 0 e. The first-order valence-electron chi connectivity index (χ1n) is 3.12. The molecule has 0 bridgehead atoms. The number of hydrogen-bond acceptors (Lipinski definition) is 1. The van der Waals surface area contributed by atoms with Crippen LogP contribution in [0, 0.1) is 0 Å². The van der Waals surface area contributed by atoms with Gasteiger partial charge < -0.3 is 5.73 Å². The fourth-order valence-electron chi connectivity index (χ4n) is 0.571. The number of nitrogens with two attached hydrogens (primary N) is 1. The Labute approximate surface area is 65.4 Å². The Bertz CT molecular complexity index is 27.7. The first-order valence-corrected chi connectivity index (χ1v) is 3.12. The number of hydrogen-bond donors (Lipinski definition) is 1. The van der Waals surface area contributed by atoms with Gasteiger partial charge in [-0.25, -0.2) is 0 Å². The number of rotatable bonds is 4. The van der Waals surface area contributed by atoms with E-state index in [9.17, 15) is 0 Å². The molecule has 0 heterocycles. The minimum absolute atomic E-state index is 0. The molecule has 0 rings (SSSR count). The van der Waals surface area contributed by atoms with Crippen molar-refractivity contribution in [1.29, 1.82) is 0 Å². The molecule has 0 aromatic rings. The second-order valence-corrected chi connectivity index (χ2v) is 1.85. The molecular weight excluding hydrogens is 278 g/mol. The molecule has 8 heavy (non-hydrogen) atoms. The van der Waals surface area contributed by atoms with E-state index in [-0.39, 0.29) is 20.1 Å². The van der Waals surface area contributed by atoms with Crippen LogP contribution in [0.5, 0.6) is 0 Å². The zero-order valence-corrected chi connectivity index (χ0v) is 7.84. The van der Waals surface area contributed by atoms with Crippen LogP contribution in [0.2, 0.25) is 0 Å². The standard InChI is InChI=1S/C6H15N.Ir/c1-2-3-4-5-6-7;/h2-7H2,1H3;. The van der Waals surface area contributed by atoms with E-state index in [0.717, 1.165) is 6.54 Å². The van der Waals surface area contributed by atoms with E-state index in [4.69, 9.17) is 5.73 Å². The molecule has 2 N–H and O–H groups in total. The van der Waals surface area contributed by atoms with Gasteiger partial charge in [0.1, 0.15) is 0 Å². The minimum Gasteiger partial charge on any atom is -0.330 e. The van der Waals surface area contributed by atoms with Gasteiger partial charge in [0.05, 0.1) is 0 Å². The van der Waals surface area contributed by atoms with E-state index in [0.29, 0.717) is 0 Å². The van der Waals surface area contributed by atoms with Crippen LogP contribution in [0.15, 0.2) is 0 Å². The van der Waals surface area contributed by atoms with E-state index >= 15 is 0 Å². The summed E-state index contributed by atoms with van der Waals surface area (Å²) >= 11 is 0. The molecule has 0 saturated heterocycles. The third-order valence-corrected chi connectivity index (χ3v) is 1.06. The van der Waals surface area contributed by atoms with Crippen LogP contribution in [0.25, 0.3) is 0 Å². The molecule has 0 unspecified atom stereocenters. The molecular formula is C6H15IrN. The summed E-state index contributed by atoms with van der Waals surface area (Å²) in [7, 11) is 0. The topological polar surface area (TPSA) is 26.0 Å². The van der Waals surface area contributed by atoms with Crippen LogP contribution >= 0.6 is 0 Å². The maximum absolute atomic E-state index is 5.27. The third kappa shape index (κ3) is 9.79. The molecule has 0 amide bonds. The Kier molecular flexibility index (Phi) is 15.1. The first-order chi connectivity index (χ1) is 3.41. The summed E-state index contributed by atoms with van der Waals surface area (Å²) in [5.74, 6) is 0. The van der Waals surface area contributed by atoms with E-state index in [2.05, 4.69) is 6.92 Å². The van der Waals surface area contributed by atoms with E-state index in [1.54, 1.807) is 0 Å². The molecule has 0 aromatic heterocycles. The van der Waals surface area contributed by atoms with Gasteiger partial charge in [-0.3, -0.25) is 0 Å². The molecule has 0 aliphatic carbocycles. The Balaban J connectivity index is 0. The van der Waals surface area contributed by atoms with Crippen molar-refractivity contribution in [3.63, 3.8) is 0 Å². The van der Waals surface area contributed by atoms with Crippen LogP contribution in [0.3, 0.4) is 0 Å². The van der Waals surface area contributed by atoms with Crippen molar-refractivity contribution in [3.05, 3.63) is 0 Å². The van der Waals surface area contributed by atoms with Crippen LogP contribution in [0.4, 0.5) is 0 Å². The summed E-state index contributed by atoms with van der Waals surface area (Å²) in [6, 6.07) is 0. The average Bonchev–Trinajstić information content (AvgIpc) is 1.69. The van der Waals surface area contributed by atoms with Crippen molar-refractivity contribution < 1.29 is 20.1 Å². The summed E-state index contributed by atoms with van der Waals surface area (Å²) < 4.78 is 0. The largest absolute Gasteiger partial charge is 0.330 e. The van der Waals surface area contributed by atoms with Gasteiger partial charge in [-0.1, -0.05) is 26.2 Å². The van der Waals surface area contributed by atoms with E-state index < -0.39 is 0 Å². The van der Waals surface area contributed by atoms with Crippen molar-refractivity contribution in [3.8, 4) is 0 Å². The molecule has 1 radical (unpaired) electrons. The van der Waals surface area contributed by atoms with Crippen molar-refractivity contribution in [2.24, 2.45) is 5.73 Å². The van der Waals surface area contributed by atoms with Crippen molar-refractivity contribution in [1.82, 2.24) is 0 Å². The summed E-state index contributed by atoms with van der Waals surface area (Å²) in [6.45, 7) is 3.07. The molecule has 0 fully saturated rings. The van der Waals surface area contributed by atoms with Gasteiger partial charge in [0.15, 0.2) is 0 Å². The van der Waals surface area contributed by atoms with Crippen LogP contribution in [-0.4, -0.2) is 6.54 Å². The van der Waals surface area contributed by atoms with Crippen LogP contribution in [0.1, 0.15) is 32.6 Å². The minimum atomic E-state index is 0. The fourth-order valence-corrected chi connectivity index (χ4v) is 0.571. The molecule has 0 saturated carbocycles.